The Morgan fingerprint density at radius 3 is 2.11 bits per heavy atom. The molecule has 3 amide bonds. The molecule has 2 aromatic carbocycles. The van der Waals surface area contributed by atoms with Crippen molar-refractivity contribution in [2.24, 2.45) is 5.92 Å². The first-order valence-electron chi connectivity index (χ1n) is 9.13. The maximum absolute atomic E-state index is 12.3. The molecule has 28 heavy (non-hydrogen) atoms. The van der Waals surface area contributed by atoms with Crippen molar-refractivity contribution in [1.29, 1.82) is 0 Å². The molecule has 3 N–H and O–H groups in total. The van der Waals surface area contributed by atoms with Gasteiger partial charge >= 0.3 is 0 Å². The normalized spacial score (nSPS) is 11.4. The third-order valence-electron chi connectivity index (χ3n) is 3.92. The van der Waals surface area contributed by atoms with Crippen molar-refractivity contribution in [3.63, 3.8) is 0 Å². The number of hydrogen-bond donors (Lipinski definition) is 3. The fourth-order valence-electron chi connectivity index (χ4n) is 2.25. The van der Waals surface area contributed by atoms with Gasteiger partial charge in [0.15, 0.2) is 6.10 Å². The lowest BCUT2D eigenvalue weighted by Gasteiger charge is -2.17. The largest absolute Gasteiger partial charge is 0.481 e. The monoisotopic (exact) mass is 383 g/mol. The van der Waals surface area contributed by atoms with Crippen LogP contribution in [-0.4, -0.2) is 23.8 Å². The zero-order chi connectivity index (χ0) is 20.5. The highest BCUT2D eigenvalue weighted by Crippen LogP contribution is 2.13. The van der Waals surface area contributed by atoms with Crippen molar-refractivity contribution in [2.75, 3.05) is 5.32 Å². The molecule has 0 saturated carbocycles. The zero-order valence-electron chi connectivity index (χ0n) is 16.2. The number of ether oxygens (including phenoxy) is 1. The Bertz CT molecular complexity index is 804. The highest BCUT2D eigenvalue weighted by atomic mass is 16.5. The van der Waals surface area contributed by atoms with E-state index in [4.69, 9.17) is 4.74 Å². The summed E-state index contributed by atoms with van der Waals surface area (Å²) >= 11 is 0. The van der Waals surface area contributed by atoms with Crippen LogP contribution in [0.2, 0.25) is 0 Å². The van der Waals surface area contributed by atoms with Crippen LogP contribution < -0.4 is 20.9 Å². The summed E-state index contributed by atoms with van der Waals surface area (Å²) in [7, 11) is 0. The van der Waals surface area contributed by atoms with Crippen LogP contribution in [0, 0.1) is 5.92 Å². The molecule has 0 aliphatic heterocycles. The topological polar surface area (TPSA) is 96.5 Å². The van der Waals surface area contributed by atoms with Crippen molar-refractivity contribution in [3.8, 4) is 5.75 Å². The molecule has 0 radical (unpaired) electrons. The van der Waals surface area contributed by atoms with Crippen molar-refractivity contribution >= 4 is 23.4 Å². The van der Waals surface area contributed by atoms with Crippen LogP contribution in [0.1, 0.15) is 37.6 Å². The minimum atomic E-state index is -0.726. The molecule has 0 bridgehead atoms. The smallest absolute Gasteiger partial charge is 0.279 e. The summed E-state index contributed by atoms with van der Waals surface area (Å²) in [5.74, 6) is -0.573. The van der Waals surface area contributed by atoms with Crippen molar-refractivity contribution in [3.05, 3.63) is 60.2 Å². The number of carbonyl (C=O) groups is 3. The highest BCUT2D eigenvalue weighted by molar-refractivity contribution is 5.97. The molecular formula is C21H25N3O4. The van der Waals surface area contributed by atoms with Gasteiger partial charge in [-0.15, -0.1) is 0 Å². The Morgan fingerprint density at radius 1 is 0.893 bits per heavy atom. The second kappa shape index (κ2) is 10.1. The van der Waals surface area contributed by atoms with E-state index in [-0.39, 0.29) is 11.8 Å². The first-order chi connectivity index (χ1) is 13.4. The summed E-state index contributed by atoms with van der Waals surface area (Å²) in [6.07, 6.45) is -0.280. The van der Waals surface area contributed by atoms with Crippen LogP contribution in [0.4, 0.5) is 5.69 Å². The van der Waals surface area contributed by atoms with Crippen molar-refractivity contribution in [1.82, 2.24) is 10.9 Å². The molecule has 7 nitrogen and oxygen atoms in total. The summed E-state index contributed by atoms with van der Waals surface area (Å²) in [5.41, 5.74) is 5.70. The van der Waals surface area contributed by atoms with Crippen molar-refractivity contribution in [2.45, 2.75) is 33.3 Å². The molecule has 0 fully saturated rings. The molecular weight excluding hydrogens is 358 g/mol. The van der Waals surface area contributed by atoms with E-state index in [2.05, 4.69) is 16.2 Å². The number of hydrazine groups is 1. The number of hydrogen-bond acceptors (Lipinski definition) is 4. The quantitative estimate of drug-likeness (QED) is 0.641. The summed E-state index contributed by atoms with van der Waals surface area (Å²) in [6, 6.07) is 15.4. The first-order valence-corrected chi connectivity index (χ1v) is 9.13. The molecule has 2 aromatic rings. The Hall–Kier alpha value is -3.35. The maximum Gasteiger partial charge on any atom is 0.279 e. The highest BCUT2D eigenvalue weighted by Gasteiger charge is 2.19. The van der Waals surface area contributed by atoms with Gasteiger partial charge in [0.05, 0.1) is 0 Å². The van der Waals surface area contributed by atoms with Gasteiger partial charge in [-0.25, -0.2) is 0 Å². The van der Waals surface area contributed by atoms with E-state index in [9.17, 15) is 14.4 Å². The third-order valence-corrected chi connectivity index (χ3v) is 3.92. The summed E-state index contributed by atoms with van der Waals surface area (Å²) in [4.78, 5) is 36.1. The second-order valence-corrected chi connectivity index (χ2v) is 6.49. The SMILES string of the molecule is CCC(Oc1ccccc1)C(=O)NNC(=O)c1ccc(NC(=O)C(C)C)cc1. The van der Waals surface area contributed by atoms with Gasteiger partial charge in [-0.3, -0.25) is 25.2 Å². The van der Waals surface area contributed by atoms with E-state index in [0.29, 0.717) is 23.4 Å². The fraction of sp³-hybridized carbons (Fsp3) is 0.286. The van der Waals surface area contributed by atoms with Crippen LogP contribution in [0.5, 0.6) is 5.75 Å². The molecule has 2 rings (SSSR count). The zero-order valence-corrected chi connectivity index (χ0v) is 16.2. The molecule has 0 heterocycles. The number of benzene rings is 2. The summed E-state index contributed by atoms with van der Waals surface area (Å²) in [6.45, 7) is 5.41. The van der Waals surface area contributed by atoms with E-state index >= 15 is 0 Å². The predicted octanol–water partition coefficient (Wildman–Crippen LogP) is 2.90. The Morgan fingerprint density at radius 2 is 1.54 bits per heavy atom. The number of rotatable bonds is 7. The fourth-order valence-corrected chi connectivity index (χ4v) is 2.25. The average Bonchev–Trinajstić information content (AvgIpc) is 2.71. The van der Waals surface area contributed by atoms with Gasteiger partial charge in [-0.2, -0.15) is 0 Å². The number of nitrogens with one attached hydrogen (secondary N) is 3. The van der Waals surface area contributed by atoms with E-state index in [1.54, 1.807) is 50.2 Å². The molecule has 0 aromatic heterocycles. The summed E-state index contributed by atoms with van der Waals surface area (Å²) < 4.78 is 5.63. The lowest BCUT2D eigenvalue weighted by atomic mass is 10.1. The van der Waals surface area contributed by atoms with E-state index in [1.807, 2.05) is 25.1 Å². The minimum absolute atomic E-state index is 0.103. The van der Waals surface area contributed by atoms with Crippen LogP contribution in [-0.2, 0) is 9.59 Å². The van der Waals surface area contributed by atoms with Crippen molar-refractivity contribution < 1.29 is 19.1 Å². The first kappa shape index (κ1) is 21.0. The Labute approximate surface area is 164 Å². The number of amides is 3. The van der Waals surface area contributed by atoms with Crippen LogP contribution in [0.3, 0.4) is 0 Å². The van der Waals surface area contributed by atoms with Crippen LogP contribution in [0.15, 0.2) is 54.6 Å². The Balaban J connectivity index is 1.88. The molecule has 0 aliphatic carbocycles. The molecule has 0 spiro atoms. The van der Waals surface area contributed by atoms with Gasteiger partial charge in [0.2, 0.25) is 5.91 Å². The van der Waals surface area contributed by atoms with Gasteiger partial charge < -0.3 is 10.1 Å². The number of anilines is 1. The standard InChI is InChI=1S/C21H25N3O4/c1-4-18(28-17-8-6-5-7-9-17)21(27)24-23-20(26)15-10-12-16(13-11-15)22-19(25)14(2)3/h5-14,18H,4H2,1-3H3,(H,22,25)(H,23,26)(H,24,27). The summed E-state index contributed by atoms with van der Waals surface area (Å²) in [5, 5.41) is 2.75. The van der Waals surface area contributed by atoms with Crippen LogP contribution >= 0.6 is 0 Å². The van der Waals surface area contributed by atoms with Crippen LogP contribution in [0.25, 0.3) is 0 Å². The van der Waals surface area contributed by atoms with E-state index < -0.39 is 17.9 Å². The lowest BCUT2D eigenvalue weighted by molar-refractivity contribution is -0.128. The van der Waals surface area contributed by atoms with Gasteiger partial charge in [-0.05, 0) is 42.8 Å². The van der Waals surface area contributed by atoms with Gasteiger partial charge in [0, 0.05) is 17.2 Å². The lowest BCUT2D eigenvalue weighted by Crippen LogP contribution is -2.47. The Kier molecular flexibility index (Phi) is 7.56. The second-order valence-electron chi connectivity index (χ2n) is 6.49. The molecule has 1 unspecified atom stereocenters. The van der Waals surface area contributed by atoms with Gasteiger partial charge in [-0.1, -0.05) is 39.0 Å². The molecule has 0 aliphatic rings. The average molecular weight is 383 g/mol. The molecule has 0 saturated heterocycles. The van der Waals surface area contributed by atoms with E-state index in [1.165, 1.54) is 0 Å². The molecule has 148 valence electrons. The molecule has 7 heteroatoms. The third kappa shape index (κ3) is 6.12. The number of para-hydroxylation sites is 1. The number of carbonyl (C=O) groups excluding carboxylic acids is 3. The maximum atomic E-state index is 12.3. The van der Waals surface area contributed by atoms with Gasteiger partial charge in [0.25, 0.3) is 11.8 Å². The van der Waals surface area contributed by atoms with Gasteiger partial charge in [0.1, 0.15) is 5.75 Å². The minimum Gasteiger partial charge on any atom is -0.481 e. The van der Waals surface area contributed by atoms with E-state index in [0.717, 1.165) is 0 Å². The molecule has 1 atom stereocenters. The predicted molar refractivity (Wildman–Crippen MR) is 107 cm³/mol.